The molecule has 0 spiro atoms. The lowest BCUT2D eigenvalue weighted by molar-refractivity contribution is -0.233. The average Bonchev–Trinajstić information content (AvgIpc) is 3.75. The molecular formula is C31H37N7O9. The second-order valence-electron chi connectivity index (χ2n) is 11.3. The molecule has 250 valence electrons. The number of ether oxygens (including phenoxy) is 1. The van der Waals surface area contributed by atoms with Crippen LogP contribution in [0, 0.1) is 0 Å². The first-order chi connectivity index (χ1) is 22.4. The Morgan fingerprint density at radius 2 is 1.51 bits per heavy atom. The Balaban J connectivity index is 1.07. The smallest absolute Gasteiger partial charge is 0.272 e. The summed E-state index contributed by atoms with van der Waals surface area (Å²) in [5, 5.41) is 50.9. The van der Waals surface area contributed by atoms with E-state index in [0.29, 0.717) is 29.2 Å². The summed E-state index contributed by atoms with van der Waals surface area (Å²) in [5.41, 5.74) is 2.42. The van der Waals surface area contributed by atoms with Crippen molar-refractivity contribution >= 4 is 45.9 Å². The molecule has 0 saturated carbocycles. The van der Waals surface area contributed by atoms with Gasteiger partial charge in [-0.05, 0) is 30.7 Å². The predicted octanol–water partition coefficient (Wildman–Crippen LogP) is -0.224. The molecule has 16 heteroatoms. The number of amides is 4. The highest BCUT2D eigenvalue weighted by Crippen LogP contribution is 2.21. The average molecular weight is 652 g/mol. The number of hydrogen-bond donors (Lipinski definition) is 9. The number of aliphatic hydroxyl groups is 4. The Morgan fingerprint density at radius 1 is 0.851 bits per heavy atom. The SMILES string of the molecule is Cn1cc(NC(=O)c2cc3ccccc3[nH]2)cc1C(=O)NCCCC(=O)Nc1cc(C(=O)N[C@H]2O[C@@H](CO)[C@H](O)[C@@H](O)[C@H]2O)n(C)c1. The van der Waals surface area contributed by atoms with E-state index in [9.17, 15) is 39.6 Å². The number of carbonyl (C=O) groups excluding carboxylic acids is 4. The number of nitrogens with one attached hydrogen (secondary N) is 5. The van der Waals surface area contributed by atoms with Crippen molar-refractivity contribution in [3.63, 3.8) is 0 Å². The van der Waals surface area contributed by atoms with Crippen LogP contribution in [0.3, 0.4) is 0 Å². The van der Waals surface area contributed by atoms with E-state index in [2.05, 4.69) is 26.3 Å². The number of carbonyl (C=O) groups is 4. The highest BCUT2D eigenvalue weighted by molar-refractivity contribution is 6.06. The Kier molecular flexibility index (Phi) is 10.1. The van der Waals surface area contributed by atoms with Crippen LogP contribution in [0.2, 0.25) is 0 Å². The Morgan fingerprint density at radius 3 is 2.19 bits per heavy atom. The predicted molar refractivity (Wildman–Crippen MR) is 169 cm³/mol. The van der Waals surface area contributed by atoms with E-state index in [1.54, 1.807) is 37.0 Å². The number of aromatic amines is 1. The molecule has 0 bridgehead atoms. The fourth-order valence-corrected chi connectivity index (χ4v) is 5.30. The molecule has 4 aromatic rings. The maximum Gasteiger partial charge on any atom is 0.272 e. The van der Waals surface area contributed by atoms with Crippen molar-refractivity contribution in [2.75, 3.05) is 23.8 Å². The van der Waals surface area contributed by atoms with Crippen LogP contribution >= 0.6 is 0 Å². The van der Waals surface area contributed by atoms with Gasteiger partial charge in [-0.1, -0.05) is 18.2 Å². The number of aromatic nitrogens is 3. The van der Waals surface area contributed by atoms with Crippen molar-refractivity contribution < 1.29 is 44.3 Å². The number of aryl methyl sites for hydroxylation is 2. The van der Waals surface area contributed by atoms with Crippen LogP contribution in [0.15, 0.2) is 54.9 Å². The number of para-hydroxylation sites is 1. The molecule has 1 saturated heterocycles. The molecule has 5 atom stereocenters. The topological polar surface area (TPSA) is 232 Å². The van der Waals surface area contributed by atoms with E-state index in [0.717, 1.165) is 10.9 Å². The van der Waals surface area contributed by atoms with Gasteiger partial charge in [0, 0.05) is 50.4 Å². The van der Waals surface area contributed by atoms with Gasteiger partial charge in [0.05, 0.1) is 18.0 Å². The summed E-state index contributed by atoms with van der Waals surface area (Å²) in [4.78, 5) is 53.9. The van der Waals surface area contributed by atoms with Gasteiger partial charge in [-0.3, -0.25) is 19.2 Å². The monoisotopic (exact) mass is 651 g/mol. The third-order valence-corrected chi connectivity index (χ3v) is 7.82. The summed E-state index contributed by atoms with van der Waals surface area (Å²) in [7, 11) is 3.25. The molecule has 0 radical (unpaired) electrons. The fraction of sp³-hybridized carbons (Fsp3) is 0.355. The lowest BCUT2D eigenvalue weighted by atomic mass is 9.98. The van der Waals surface area contributed by atoms with E-state index in [1.807, 2.05) is 24.3 Å². The minimum Gasteiger partial charge on any atom is -0.394 e. The largest absolute Gasteiger partial charge is 0.394 e. The maximum atomic E-state index is 12.8. The van der Waals surface area contributed by atoms with Crippen LogP contribution < -0.4 is 21.3 Å². The summed E-state index contributed by atoms with van der Waals surface area (Å²) in [5.74, 6) is -1.77. The summed E-state index contributed by atoms with van der Waals surface area (Å²) < 4.78 is 8.34. The van der Waals surface area contributed by atoms with Crippen molar-refractivity contribution in [3.8, 4) is 0 Å². The summed E-state index contributed by atoms with van der Waals surface area (Å²) in [6, 6.07) is 12.2. The van der Waals surface area contributed by atoms with Gasteiger partial charge < -0.3 is 60.5 Å². The summed E-state index contributed by atoms with van der Waals surface area (Å²) in [6.45, 7) is -0.434. The van der Waals surface area contributed by atoms with E-state index in [1.165, 1.54) is 16.8 Å². The lowest BCUT2D eigenvalue weighted by Gasteiger charge is -2.40. The number of aliphatic hydroxyl groups excluding tert-OH is 4. The van der Waals surface area contributed by atoms with Gasteiger partial charge in [0.1, 0.15) is 41.5 Å². The molecular weight excluding hydrogens is 614 g/mol. The van der Waals surface area contributed by atoms with E-state index < -0.39 is 43.2 Å². The van der Waals surface area contributed by atoms with Gasteiger partial charge in [0.2, 0.25) is 5.91 Å². The molecule has 0 aliphatic carbocycles. The van der Waals surface area contributed by atoms with Gasteiger partial charge in [-0.25, -0.2) is 0 Å². The molecule has 1 aliphatic rings. The molecule has 4 amide bonds. The number of benzene rings is 1. The van der Waals surface area contributed by atoms with Crippen LogP contribution in [-0.2, 0) is 23.6 Å². The number of hydrogen-bond acceptors (Lipinski definition) is 9. The molecule has 4 heterocycles. The van der Waals surface area contributed by atoms with Crippen molar-refractivity contribution in [2.24, 2.45) is 14.1 Å². The molecule has 47 heavy (non-hydrogen) atoms. The van der Waals surface area contributed by atoms with Crippen LogP contribution in [0.4, 0.5) is 11.4 Å². The number of rotatable bonds is 11. The first-order valence-corrected chi connectivity index (χ1v) is 14.9. The molecule has 9 N–H and O–H groups in total. The third kappa shape index (κ3) is 7.53. The molecule has 16 nitrogen and oxygen atoms in total. The number of anilines is 2. The summed E-state index contributed by atoms with van der Waals surface area (Å²) >= 11 is 0. The van der Waals surface area contributed by atoms with Crippen LogP contribution in [0.25, 0.3) is 10.9 Å². The fourth-order valence-electron chi connectivity index (χ4n) is 5.30. The van der Waals surface area contributed by atoms with Crippen LogP contribution in [-0.4, -0.2) is 102 Å². The van der Waals surface area contributed by atoms with Crippen molar-refractivity contribution in [1.82, 2.24) is 24.8 Å². The number of nitrogens with zero attached hydrogens (tertiary/aromatic N) is 2. The zero-order valence-corrected chi connectivity index (χ0v) is 25.6. The first-order valence-electron chi connectivity index (χ1n) is 14.9. The van der Waals surface area contributed by atoms with E-state index in [-0.39, 0.29) is 36.4 Å². The third-order valence-electron chi connectivity index (χ3n) is 7.82. The normalized spacial score (nSPS) is 20.9. The van der Waals surface area contributed by atoms with Gasteiger partial charge in [0.15, 0.2) is 6.23 Å². The van der Waals surface area contributed by atoms with Crippen molar-refractivity contribution in [2.45, 2.75) is 43.5 Å². The molecule has 1 aromatic carbocycles. The summed E-state index contributed by atoms with van der Waals surface area (Å²) in [6.07, 6.45) is -3.90. The highest BCUT2D eigenvalue weighted by atomic mass is 16.6. The quantitative estimate of drug-likeness (QED) is 0.0974. The van der Waals surface area contributed by atoms with Crippen molar-refractivity contribution in [3.05, 3.63) is 71.9 Å². The maximum absolute atomic E-state index is 12.8. The minimum atomic E-state index is -1.64. The second-order valence-corrected chi connectivity index (χ2v) is 11.3. The minimum absolute atomic E-state index is 0.0700. The Labute approximate surface area is 268 Å². The lowest BCUT2D eigenvalue weighted by Crippen LogP contribution is -2.63. The van der Waals surface area contributed by atoms with Gasteiger partial charge in [-0.2, -0.15) is 0 Å². The molecule has 5 rings (SSSR count). The van der Waals surface area contributed by atoms with Crippen LogP contribution in [0.5, 0.6) is 0 Å². The first kappa shape index (κ1) is 33.4. The Hall–Kier alpha value is -5.00. The molecule has 0 unspecified atom stereocenters. The number of fused-ring (bicyclic) bond motifs is 1. The molecule has 3 aromatic heterocycles. The van der Waals surface area contributed by atoms with Gasteiger partial charge in [0.25, 0.3) is 17.7 Å². The Bertz CT molecular complexity index is 1740. The van der Waals surface area contributed by atoms with Crippen LogP contribution in [0.1, 0.15) is 44.3 Å². The van der Waals surface area contributed by atoms with E-state index >= 15 is 0 Å². The molecule has 1 aliphatic heterocycles. The zero-order chi connectivity index (χ0) is 33.8. The highest BCUT2D eigenvalue weighted by Gasteiger charge is 2.44. The zero-order valence-electron chi connectivity index (χ0n) is 25.6. The second kappa shape index (κ2) is 14.2. The standard InChI is InChI=1S/C31H37N7O9/c1-37-14-18(34-28(44)20-10-16-6-3-4-7-19(16)35-20)12-21(37)29(45)32-9-5-8-24(40)33-17-11-22(38(2)13-17)30(46)36-31-27(43)26(42)25(41)23(15-39)47-31/h3-4,6-7,10-14,23,25-27,31,35,39,41-43H,5,8-9,15H2,1-2H3,(H,32,45)(H,33,40)(H,34,44)(H,36,46)/t23-,25-,26+,27+,31-/m0/s1. The van der Waals surface area contributed by atoms with Gasteiger partial charge in [-0.15, -0.1) is 0 Å². The van der Waals surface area contributed by atoms with E-state index in [4.69, 9.17) is 4.74 Å². The molecule has 1 fully saturated rings. The van der Waals surface area contributed by atoms with Gasteiger partial charge >= 0.3 is 0 Å². The van der Waals surface area contributed by atoms with Crippen molar-refractivity contribution in [1.29, 1.82) is 0 Å². The number of H-pyrrole nitrogens is 1.